The molecule has 0 spiro atoms. The molecule has 2 aliphatic rings. The van der Waals surface area contributed by atoms with Crippen LogP contribution in [0.2, 0.25) is 0 Å². The Morgan fingerprint density at radius 2 is 1.95 bits per heavy atom. The Kier molecular flexibility index (Phi) is 3.64. The van der Waals surface area contributed by atoms with Crippen molar-refractivity contribution in [3.05, 3.63) is 35.4 Å². The third-order valence-electron chi connectivity index (χ3n) is 5.67. The zero-order valence-corrected chi connectivity index (χ0v) is 12.1. The second-order valence-electron chi connectivity index (χ2n) is 6.73. The number of nitrogens with two attached hydrogens (primary N) is 1. The number of fused-ring (bicyclic) bond motifs is 1. The number of hydrogen-bond donors (Lipinski definition) is 2. The largest absolute Gasteiger partial charge is 0.271 e. The Balaban J connectivity index is 1.73. The maximum Gasteiger partial charge on any atom is 0.0310 e. The van der Waals surface area contributed by atoms with Crippen molar-refractivity contribution < 1.29 is 0 Å². The van der Waals surface area contributed by atoms with E-state index in [9.17, 15) is 0 Å². The first-order chi connectivity index (χ1) is 9.20. The van der Waals surface area contributed by atoms with E-state index in [2.05, 4.69) is 43.5 Å². The van der Waals surface area contributed by atoms with E-state index in [4.69, 9.17) is 5.84 Å². The summed E-state index contributed by atoms with van der Waals surface area (Å²) in [6.45, 7) is 4.80. The fraction of sp³-hybridized carbons (Fsp3) is 0.647. The van der Waals surface area contributed by atoms with Crippen LogP contribution in [0.1, 0.15) is 50.2 Å². The summed E-state index contributed by atoms with van der Waals surface area (Å²) in [5.41, 5.74) is 6.19. The molecule has 1 fully saturated rings. The van der Waals surface area contributed by atoms with Crippen molar-refractivity contribution in [2.45, 2.75) is 51.5 Å². The van der Waals surface area contributed by atoms with Crippen LogP contribution in [0.3, 0.4) is 0 Å². The first kappa shape index (κ1) is 13.1. The van der Waals surface area contributed by atoms with Crippen LogP contribution in [-0.2, 0) is 6.42 Å². The zero-order chi connectivity index (χ0) is 13.4. The number of hydrogen-bond acceptors (Lipinski definition) is 2. The SMILES string of the molecule is CC1CCC(C(NN)C2Cc3ccccc32)CC1C. The van der Waals surface area contributed by atoms with Gasteiger partial charge in [0.15, 0.2) is 0 Å². The van der Waals surface area contributed by atoms with Crippen LogP contribution in [0.5, 0.6) is 0 Å². The summed E-state index contributed by atoms with van der Waals surface area (Å²) >= 11 is 0. The molecule has 104 valence electrons. The van der Waals surface area contributed by atoms with E-state index in [1.807, 2.05) is 0 Å². The summed E-state index contributed by atoms with van der Waals surface area (Å²) in [5.74, 6) is 8.99. The van der Waals surface area contributed by atoms with Crippen LogP contribution in [0.15, 0.2) is 24.3 Å². The fourth-order valence-electron chi connectivity index (χ4n) is 4.11. The van der Waals surface area contributed by atoms with Gasteiger partial charge in [0.05, 0.1) is 0 Å². The van der Waals surface area contributed by atoms with E-state index in [-0.39, 0.29) is 0 Å². The first-order valence-corrected chi connectivity index (χ1v) is 7.74. The first-order valence-electron chi connectivity index (χ1n) is 7.74. The molecule has 0 saturated heterocycles. The molecule has 19 heavy (non-hydrogen) atoms. The number of rotatable bonds is 3. The van der Waals surface area contributed by atoms with Crippen molar-refractivity contribution in [2.24, 2.45) is 23.6 Å². The zero-order valence-electron chi connectivity index (χ0n) is 12.1. The van der Waals surface area contributed by atoms with Gasteiger partial charge in [-0.15, -0.1) is 0 Å². The molecule has 0 bridgehead atoms. The van der Waals surface area contributed by atoms with Crippen molar-refractivity contribution in [3.8, 4) is 0 Å². The van der Waals surface area contributed by atoms with Gasteiger partial charge in [0, 0.05) is 12.0 Å². The smallest absolute Gasteiger partial charge is 0.0310 e. The molecule has 2 nitrogen and oxygen atoms in total. The normalized spacial score (nSPS) is 35.3. The highest BCUT2D eigenvalue weighted by atomic mass is 15.2. The Morgan fingerprint density at radius 1 is 1.16 bits per heavy atom. The van der Waals surface area contributed by atoms with Gasteiger partial charge < -0.3 is 0 Å². The van der Waals surface area contributed by atoms with Gasteiger partial charge in [0.2, 0.25) is 0 Å². The van der Waals surface area contributed by atoms with Crippen LogP contribution in [0, 0.1) is 17.8 Å². The van der Waals surface area contributed by atoms with Crippen molar-refractivity contribution in [1.29, 1.82) is 0 Å². The number of benzene rings is 1. The van der Waals surface area contributed by atoms with Crippen LogP contribution in [0.4, 0.5) is 0 Å². The molecule has 0 aromatic heterocycles. The molecular formula is C17H26N2. The number of hydrazine groups is 1. The van der Waals surface area contributed by atoms with Crippen LogP contribution in [0.25, 0.3) is 0 Å². The van der Waals surface area contributed by atoms with Crippen LogP contribution in [-0.4, -0.2) is 6.04 Å². The Bertz CT molecular complexity index is 443. The monoisotopic (exact) mass is 258 g/mol. The lowest BCUT2D eigenvalue weighted by Gasteiger charge is -2.43. The quantitative estimate of drug-likeness (QED) is 0.645. The molecule has 2 aliphatic carbocycles. The average molecular weight is 258 g/mol. The second-order valence-corrected chi connectivity index (χ2v) is 6.73. The highest BCUT2D eigenvalue weighted by Gasteiger charge is 2.38. The second kappa shape index (κ2) is 5.26. The molecule has 1 saturated carbocycles. The molecule has 5 unspecified atom stereocenters. The van der Waals surface area contributed by atoms with Gasteiger partial charge in [0.25, 0.3) is 0 Å². The lowest BCUT2D eigenvalue weighted by Crippen LogP contribution is -2.49. The van der Waals surface area contributed by atoms with Crippen molar-refractivity contribution in [1.82, 2.24) is 5.43 Å². The van der Waals surface area contributed by atoms with Crippen LogP contribution < -0.4 is 11.3 Å². The van der Waals surface area contributed by atoms with Crippen molar-refractivity contribution in [2.75, 3.05) is 0 Å². The maximum absolute atomic E-state index is 5.90. The third kappa shape index (κ3) is 2.32. The summed E-state index contributed by atoms with van der Waals surface area (Å²) < 4.78 is 0. The summed E-state index contributed by atoms with van der Waals surface area (Å²) in [7, 11) is 0. The molecule has 0 amide bonds. The summed E-state index contributed by atoms with van der Waals surface area (Å²) in [5, 5.41) is 0. The van der Waals surface area contributed by atoms with Gasteiger partial charge in [-0.05, 0) is 48.1 Å². The molecule has 2 heteroatoms. The molecule has 0 radical (unpaired) electrons. The standard InChI is InChI=1S/C17H26N2/c1-11-7-8-14(9-12(11)2)17(19-18)16-10-13-5-3-4-6-15(13)16/h3-6,11-12,14,16-17,19H,7-10,18H2,1-2H3. The van der Waals surface area contributed by atoms with E-state index in [0.29, 0.717) is 12.0 Å². The molecule has 3 N–H and O–H groups in total. The van der Waals surface area contributed by atoms with Gasteiger partial charge in [-0.25, -0.2) is 0 Å². The maximum atomic E-state index is 5.90. The molecule has 0 aliphatic heterocycles. The van der Waals surface area contributed by atoms with E-state index in [1.54, 1.807) is 0 Å². The lowest BCUT2D eigenvalue weighted by atomic mass is 9.65. The minimum atomic E-state index is 0.463. The Morgan fingerprint density at radius 3 is 2.63 bits per heavy atom. The highest BCUT2D eigenvalue weighted by molar-refractivity contribution is 5.41. The summed E-state index contributed by atoms with van der Waals surface area (Å²) in [6, 6.07) is 9.30. The highest BCUT2D eigenvalue weighted by Crippen LogP contribution is 2.44. The molecule has 3 rings (SSSR count). The molecule has 0 heterocycles. The fourth-order valence-corrected chi connectivity index (χ4v) is 4.11. The van der Waals surface area contributed by atoms with Crippen molar-refractivity contribution >= 4 is 0 Å². The minimum Gasteiger partial charge on any atom is -0.271 e. The van der Waals surface area contributed by atoms with E-state index >= 15 is 0 Å². The Hall–Kier alpha value is -0.860. The molecular weight excluding hydrogens is 232 g/mol. The third-order valence-corrected chi connectivity index (χ3v) is 5.67. The molecule has 1 aromatic carbocycles. The van der Waals surface area contributed by atoms with Gasteiger partial charge in [-0.1, -0.05) is 44.5 Å². The lowest BCUT2D eigenvalue weighted by molar-refractivity contribution is 0.153. The van der Waals surface area contributed by atoms with Crippen molar-refractivity contribution in [3.63, 3.8) is 0 Å². The number of nitrogens with one attached hydrogen (secondary N) is 1. The predicted molar refractivity (Wildman–Crippen MR) is 79.7 cm³/mol. The average Bonchev–Trinajstić information content (AvgIpc) is 2.39. The van der Waals surface area contributed by atoms with Gasteiger partial charge >= 0.3 is 0 Å². The Labute approximate surface area is 116 Å². The minimum absolute atomic E-state index is 0.463. The van der Waals surface area contributed by atoms with E-state index in [1.165, 1.54) is 36.8 Å². The van der Waals surface area contributed by atoms with Crippen LogP contribution >= 0.6 is 0 Å². The van der Waals surface area contributed by atoms with Gasteiger partial charge in [0.1, 0.15) is 0 Å². The summed E-state index contributed by atoms with van der Waals surface area (Å²) in [6.07, 6.45) is 5.22. The topological polar surface area (TPSA) is 38.0 Å². The van der Waals surface area contributed by atoms with E-state index in [0.717, 1.165) is 17.8 Å². The van der Waals surface area contributed by atoms with Gasteiger partial charge in [-0.3, -0.25) is 11.3 Å². The van der Waals surface area contributed by atoms with E-state index < -0.39 is 0 Å². The molecule has 1 aromatic rings. The van der Waals surface area contributed by atoms with Gasteiger partial charge in [-0.2, -0.15) is 0 Å². The molecule has 5 atom stereocenters. The predicted octanol–water partition coefficient (Wildman–Crippen LogP) is 3.23. The summed E-state index contributed by atoms with van der Waals surface area (Å²) in [4.78, 5) is 0.